The molecule has 0 saturated carbocycles. The highest BCUT2D eigenvalue weighted by molar-refractivity contribution is 6.14. The average molecular weight is 259 g/mol. The highest BCUT2D eigenvalue weighted by Gasteiger charge is 2.30. The number of ether oxygens (including phenoxy) is 1. The fourth-order valence-corrected chi connectivity index (χ4v) is 1.86. The topological polar surface area (TPSA) is 82.4 Å². The van der Waals surface area contributed by atoms with Crippen LogP contribution in [0.15, 0.2) is 24.3 Å². The van der Waals surface area contributed by atoms with Crippen LogP contribution in [0.2, 0.25) is 0 Å². The average Bonchev–Trinajstić information content (AvgIpc) is 2.57. The molecule has 1 aromatic rings. The van der Waals surface area contributed by atoms with Gasteiger partial charge < -0.3 is 10.1 Å². The molecule has 1 saturated heterocycles. The van der Waals surface area contributed by atoms with E-state index in [1.807, 2.05) is 6.07 Å². The first kappa shape index (κ1) is 13.1. The number of hydrogen-bond acceptors (Lipinski definition) is 4. The Labute approximate surface area is 110 Å². The van der Waals surface area contributed by atoms with Crippen LogP contribution in [0.3, 0.4) is 0 Å². The molecular formula is C13H13N3O3. The number of rotatable bonds is 2. The number of anilines is 1. The molecular weight excluding hydrogens is 246 g/mol. The summed E-state index contributed by atoms with van der Waals surface area (Å²) < 4.78 is 5.11. The second-order valence-electron chi connectivity index (χ2n) is 4.14. The highest BCUT2D eigenvalue weighted by atomic mass is 16.5. The lowest BCUT2D eigenvalue weighted by Gasteiger charge is -2.18. The lowest BCUT2D eigenvalue weighted by molar-refractivity contribution is -0.119. The molecule has 6 nitrogen and oxygen atoms in total. The van der Waals surface area contributed by atoms with Crippen molar-refractivity contribution < 1.29 is 14.3 Å². The van der Waals surface area contributed by atoms with Gasteiger partial charge in [0.15, 0.2) is 0 Å². The summed E-state index contributed by atoms with van der Waals surface area (Å²) in [5, 5.41) is 11.4. The van der Waals surface area contributed by atoms with Gasteiger partial charge in [-0.25, -0.2) is 9.69 Å². The van der Waals surface area contributed by atoms with E-state index in [1.165, 1.54) is 7.11 Å². The van der Waals surface area contributed by atoms with Crippen LogP contribution >= 0.6 is 0 Å². The zero-order valence-electron chi connectivity index (χ0n) is 10.4. The fraction of sp³-hybridized carbons (Fsp3) is 0.308. The lowest BCUT2D eigenvalue weighted by atomic mass is 10.2. The number of nitrogens with one attached hydrogen (secondary N) is 1. The zero-order chi connectivity index (χ0) is 13.8. The standard InChI is InChI=1S/C13H13N3O3/c1-19-11-6-12(17)16(13(18)15-8-11)10-4-2-9(7-14)3-5-10/h2-5,11H,6,8H2,1H3,(H,15,18). The minimum atomic E-state index is -0.478. The van der Waals surface area contributed by atoms with Crippen LogP contribution < -0.4 is 10.2 Å². The molecule has 1 atom stereocenters. The number of nitriles is 1. The third-order valence-corrected chi connectivity index (χ3v) is 2.92. The third-order valence-electron chi connectivity index (χ3n) is 2.92. The van der Waals surface area contributed by atoms with E-state index in [9.17, 15) is 9.59 Å². The molecule has 1 aliphatic rings. The van der Waals surface area contributed by atoms with E-state index in [4.69, 9.17) is 10.00 Å². The molecule has 6 heteroatoms. The Balaban J connectivity index is 2.28. The van der Waals surface area contributed by atoms with Gasteiger partial charge in [-0.1, -0.05) is 0 Å². The summed E-state index contributed by atoms with van der Waals surface area (Å²) in [5.41, 5.74) is 0.916. The molecule has 0 bridgehead atoms. The first-order chi connectivity index (χ1) is 9.15. The summed E-state index contributed by atoms with van der Waals surface area (Å²) in [6, 6.07) is 7.78. The predicted molar refractivity (Wildman–Crippen MR) is 67.5 cm³/mol. The Hall–Kier alpha value is -2.39. The molecule has 0 aliphatic carbocycles. The van der Waals surface area contributed by atoms with Gasteiger partial charge in [-0.3, -0.25) is 4.79 Å². The zero-order valence-corrected chi connectivity index (χ0v) is 10.4. The second-order valence-corrected chi connectivity index (χ2v) is 4.14. The van der Waals surface area contributed by atoms with Gasteiger partial charge in [-0.15, -0.1) is 0 Å². The van der Waals surface area contributed by atoms with E-state index in [0.29, 0.717) is 17.8 Å². The van der Waals surface area contributed by atoms with Crippen molar-refractivity contribution in [2.75, 3.05) is 18.6 Å². The third kappa shape index (κ3) is 2.72. The van der Waals surface area contributed by atoms with Gasteiger partial charge in [0.25, 0.3) is 0 Å². The van der Waals surface area contributed by atoms with Crippen molar-refractivity contribution in [3.63, 3.8) is 0 Å². The summed E-state index contributed by atoms with van der Waals surface area (Å²) in [6.07, 6.45) is -0.185. The number of carbonyl (C=O) groups excluding carboxylic acids is 2. The van der Waals surface area contributed by atoms with Crippen LogP contribution in [0, 0.1) is 11.3 Å². The van der Waals surface area contributed by atoms with E-state index < -0.39 is 6.03 Å². The smallest absolute Gasteiger partial charge is 0.328 e. The molecule has 1 unspecified atom stereocenters. The lowest BCUT2D eigenvalue weighted by Crippen LogP contribution is -2.41. The maximum Gasteiger partial charge on any atom is 0.328 e. The van der Waals surface area contributed by atoms with Crippen LogP contribution in [0.25, 0.3) is 0 Å². The fourth-order valence-electron chi connectivity index (χ4n) is 1.86. The Morgan fingerprint density at radius 3 is 2.63 bits per heavy atom. The van der Waals surface area contributed by atoms with E-state index >= 15 is 0 Å². The van der Waals surface area contributed by atoms with Gasteiger partial charge in [0.05, 0.1) is 29.8 Å². The molecule has 1 fully saturated rings. The molecule has 0 aromatic heterocycles. The molecule has 3 amide bonds. The van der Waals surface area contributed by atoms with Gasteiger partial charge in [0, 0.05) is 13.7 Å². The molecule has 19 heavy (non-hydrogen) atoms. The van der Waals surface area contributed by atoms with E-state index in [1.54, 1.807) is 24.3 Å². The van der Waals surface area contributed by atoms with Crippen LogP contribution in [-0.4, -0.2) is 31.7 Å². The molecule has 1 aliphatic heterocycles. The number of nitrogens with zero attached hydrogens (tertiary/aromatic N) is 2. The molecule has 98 valence electrons. The van der Waals surface area contributed by atoms with Crippen LogP contribution in [-0.2, 0) is 9.53 Å². The normalized spacial score (nSPS) is 19.6. The number of imide groups is 1. The summed E-state index contributed by atoms with van der Waals surface area (Å²) in [4.78, 5) is 25.1. The van der Waals surface area contributed by atoms with Crippen molar-refractivity contribution in [2.45, 2.75) is 12.5 Å². The Kier molecular flexibility index (Phi) is 3.78. The summed E-state index contributed by atoms with van der Waals surface area (Å²) in [7, 11) is 1.50. The SMILES string of the molecule is COC1CNC(=O)N(c2ccc(C#N)cc2)C(=O)C1. The number of methoxy groups -OCH3 is 1. The quantitative estimate of drug-likeness (QED) is 0.859. The second kappa shape index (κ2) is 5.50. The molecule has 0 spiro atoms. The van der Waals surface area contributed by atoms with Crippen LogP contribution in [0.1, 0.15) is 12.0 Å². The Morgan fingerprint density at radius 1 is 1.37 bits per heavy atom. The molecule has 0 radical (unpaired) electrons. The molecule has 1 heterocycles. The number of urea groups is 1. The van der Waals surface area contributed by atoms with Gasteiger partial charge in [-0.2, -0.15) is 5.26 Å². The minimum Gasteiger partial charge on any atom is -0.379 e. The monoisotopic (exact) mass is 259 g/mol. The number of carbonyl (C=O) groups is 2. The number of amides is 3. The first-order valence-electron chi connectivity index (χ1n) is 5.79. The van der Waals surface area contributed by atoms with Crippen molar-refractivity contribution in [3.05, 3.63) is 29.8 Å². The van der Waals surface area contributed by atoms with E-state index in [0.717, 1.165) is 4.90 Å². The van der Waals surface area contributed by atoms with Crippen molar-refractivity contribution in [3.8, 4) is 6.07 Å². The number of benzene rings is 1. The largest absolute Gasteiger partial charge is 0.379 e. The summed E-state index contributed by atoms with van der Waals surface area (Å²) in [6.45, 7) is 0.299. The van der Waals surface area contributed by atoms with Gasteiger partial charge in [0.2, 0.25) is 5.91 Å². The van der Waals surface area contributed by atoms with Crippen molar-refractivity contribution >= 4 is 17.6 Å². The molecule has 2 rings (SSSR count). The molecule has 1 aromatic carbocycles. The minimum absolute atomic E-state index is 0.134. The van der Waals surface area contributed by atoms with Crippen LogP contribution in [0.4, 0.5) is 10.5 Å². The van der Waals surface area contributed by atoms with Crippen molar-refractivity contribution in [1.82, 2.24) is 5.32 Å². The number of hydrogen-bond donors (Lipinski definition) is 1. The van der Waals surface area contributed by atoms with E-state index in [2.05, 4.69) is 5.32 Å². The van der Waals surface area contributed by atoms with Gasteiger partial charge >= 0.3 is 6.03 Å². The Bertz CT molecular complexity index is 533. The summed E-state index contributed by atoms with van der Waals surface area (Å²) >= 11 is 0. The molecule has 1 N–H and O–H groups in total. The van der Waals surface area contributed by atoms with Gasteiger partial charge in [0.1, 0.15) is 0 Å². The van der Waals surface area contributed by atoms with Crippen molar-refractivity contribution in [1.29, 1.82) is 5.26 Å². The first-order valence-corrected chi connectivity index (χ1v) is 5.79. The maximum absolute atomic E-state index is 12.1. The Morgan fingerprint density at radius 2 is 2.05 bits per heavy atom. The van der Waals surface area contributed by atoms with Crippen LogP contribution in [0.5, 0.6) is 0 Å². The van der Waals surface area contributed by atoms with Crippen molar-refractivity contribution in [2.24, 2.45) is 0 Å². The maximum atomic E-state index is 12.1. The highest BCUT2D eigenvalue weighted by Crippen LogP contribution is 2.19. The van der Waals surface area contributed by atoms with E-state index in [-0.39, 0.29) is 18.4 Å². The predicted octanol–water partition coefficient (Wildman–Crippen LogP) is 1.02. The summed E-state index contributed by atoms with van der Waals surface area (Å²) in [5.74, 6) is -0.327. The van der Waals surface area contributed by atoms with Gasteiger partial charge in [-0.05, 0) is 24.3 Å².